The maximum atomic E-state index is 12.4. The van der Waals surface area contributed by atoms with Crippen molar-refractivity contribution in [2.24, 2.45) is 11.7 Å². The van der Waals surface area contributed by atoms with Crippen LogP contribution in [0.5, 0.6) is 0 Å². The molecule has 0 spiro atoms. The summed E-state index contributed by atoms with van der Waals surface area (Å²) in [6.07, 6.45) is 0.177. The fourth-order valence-corrected chi connectivity index (χ4v) is 2.19. The van der Waals surface area contributed by atoms with Crippen molar-refractivity contribution >= 4 is 24.3 Å². The van der Waals surface area contributed by atoms with Crippen LogP contribution in [0.3, 0.4) is 0 Å². The average Bonchev–Trinajstić information content (AvgIpc) is 2.47. The van der Waals surface area contributed by atoms with E-state index in [0.29, 0.717) is 13.2 Å². The zero-order valence-corrected chi connectivity index (χ0v) is 14.8. The number of ether oxygens (including phenoxy) is 1. The van der Waals surface area contributed by atoms with E-state index in [0.717, 1.165) is 5.56 Å². The third-order valence-corrected chi connectivity index (χ3v) is 3.19. The summed E-state index contributed by atoms with van der Waals surface area (Å²) in [4.78, 5) is 25.6. The summed E-state index contributed by atoms with van der Waals surface area (Å²) in [6.45, 7) is 6.56. The number of carbonyl (C=O) groups is 2. The van der Waals surface area contributed by atoms with Crippen LogP contribution in [0.4, 0.5) is 0 Å². The normalized spacial score (nSPS) is 11.5. The van der Waals surface area contributed by atoms with Gasteiger partial charge in [-0.1, -0.05) is 44.2 Å². The van der Waals surface area contributed by atoms with Crippen molar-refractivity contribution in [3.63, 3.8) is 0 Å². The van der Waals surface area contributed by atoms with Gasteiger partial charge in [0.25, 0.3) is 0 Å². The Kier molecular flexibility index (Phi) is 10.3. The Morgan fingerprint density at radius 1 is 1.22 bits per heavy atom. The molecule has 5 nitrogen and oxygen atoms in total. The summed E-state index contributed by atoms with van der Waals surface area (Å²) in [5, 5.41) is 0. The minimum atomic E-state index is -0.384. The number of amides is 1. The SMILES string of the molecule is CCOC(=O)CN(CC(C)C)C(=O)CC(N)c1ccccc1.Cl. The third kappa shape index (κ3) is 8.00. The molecule has 0 fully saturated rings. The number of halogens is 1. The Bertz CT molecular complexity index is 480. The van der Waals surface area contributed by atoms with E-state index in [1.54, 1.807) is 6.92 Å². The van der Waals surface area contributed by atoms with Gasteiger partial charge in [-0.05, 0) is 18.4 Å². The molecule has 0 radical (unpaired) electrons. The van der Waals surface area contributed by atoms with Gasteiger partial charge in [0, 0.05) is 19.0 Å². The van der Waals surface area contributed by atoms with Gasteiger partial charge < -0.3 is 15.4 Å². The maximum absolute atomic E-state index is 12.4. The lowest BCUT2D eigenvalue weighted by Crippen LogP contribution is -2.40. The number of nitrogens with two attached hydrogens (primary N) is 1. The van der Waals surface area contributed by atoms with E-state index in [2.05, 4.69) is 0 Å². The Labute approximate surface area is 144 Å². The largest absolute Gasteiger partial charge is 0.465 e. The molecule has 0 aromatic heterocycles. The molecule has 1 aromatic carbocycles. The first-order valence-corrected chi connectivity index (χ1v) is 7.68. The van der Waals surface area contributed by atoms with Crippen LogP contribution in [0.25, 0.3) is 0 Å². The molecular formula is C17H27ClN2O3. The number of esters is 1. The van der Waals surface area contributed by atoms with Crippen molar-refractivity contribution in [1.82, 2.24) is 4.90 Å². The van der Waals surface area contributed by atoms with Crippen molar-refractivity contribution in [3.05, 3.63) is 35.9 Å². The highest BCUT2D eigenvalue weighted by atomic mass is 35.5. The third-order valence-electron chi connectivity index (χ3n) is 3.19. The highest BCUT2D eigenvalue weighted by molar-refractivity contribution is 5.85. The minimum absolute atomic E-state index is 0. The molecule has 0 heterocycles. The van der Waals surface area contributed by atoms with Gasteiger partial charge in [0.05, 0.1) is 6.61 Å². The van der Waals surface area contributed by atoms with Crippen LogP contribution in [0.2, 0.25) is 0 Å². The van der Waals surface area contributed by atoms with Crippen LogP contribution in [0, 0.1) is 5.92 Å². The van der Waals surface area contributed by atoms with E-state index in [4.69, 9.17) is 10.5 Å². The number of rotatable bonds is 8. The van der Waals surface area contributed by atoms with E-state index in [9.17, 15) is 9.59 Å². The Morgan fingerprint density at radius 2 is 1.83 bits per heavy atom. The van der Waals surface area contributed by atoms with Crippen molar-refractivity contribution in [2.75, 3.05) is 19.7 Å². The zero-order valence-electron chi connectivity index (χ0n) is 14.0. The number of benzene rings is 1. The van der Waals surface area contributed by atoms with Crippen molar-refractivity contribution in [2.45, 2.75) is 33.2 Å². The molecule has 0 saturated carbocycles. The van der Waals surface area contributed by atoms with Gasteiger partial charge in [-0.3, -0.25) is 9.59 Å². The molecule has 6 heteroatoms. The van der Waals surface area contributed by atoms with Gasteiger partial charge in [0.15, 0.2) is 0 Å². The Morgan fingerprint density at radius 3 is 2.35 bits per heavy atom. The zero-order chi connectivity index (χ0) is 16.5. The lowest BCUT2D eigenvalue weighted by molar-refractivity contribution is -0.149. The molecule has 130 valence electrons. The van der Waals surface area contributed by atoms with E-state index < -0.39 is 0 Å². The van der Waals surface area contributed by atoms with Crippen molar-refractivity contribution in [3.8, 4) is 0 Å². The molecule has 2 N–H and O–H groups in total. The number of nitrogens with zero attached hydrogens (tertiary/aromatic N) is 1. The quantitative estimate of drug-likeness (QED) is 0.737. The Hall–Kier alpha value is -1.59. The maximum Gasteiger partial charge on any atom is 0.325 e. The van der Waals surface area contributed by atoms with Gasteiger partial charge in [-0.25, -0.2) is 0 Å². The van der Waals surface area contributed by atoms with E-state index >= 15 is 0 Å². The molecule has 0 aliphatic heterocycles. The van der Waals surface area contributed by atoms with Gasteiger partial charge in [0.1, 0.15) is 6.54 Å². The Balaban J connectivity index is 0.00000484. The standard InChI is InChI=1S/C17H26N2O3.ClH/c1-4-22-17(21)12-19(11-13(2)3)16(20)10-15(18)14-8-6-5-7-9-14;/h5-9,13,15H,4,10-12,18H2,1-3H3;1H. The van der Waals surface area contributed by atoms with Crippen molar-refractivity contribution in [1.29, 1.82) is 0 Å². The monoisotopic (exact) mass is 342 g/mol. The summed E-state index contributed by atoms with van der Waals surface area (Å²) in [7, 11) is 0. The van der Waals surface area contributed by atoms with E-state index in [1.807, 2.05) is 44.2 Å². The summed E-state index contributed by atoms with van der Waals surface area (Å²) in [6, 6.07) is 9.12. The molecule has 1 atom stereocenters. The number of carbonyl (C=O) groups excluding carboxylic acids is 2. The first-order chi connectivity index (χ1) is 10.4. The fraction of sp³-hybridized carbons (Fsp3) is 0.529. The molecule has 0 aliphatic carbocycles. The number of hydrogen-bond acceptors (Lipinski definition) is 4. The van der Waals surface area contributed by atoms with E-state index in [1.165, 1.54) is 4.90 Å². The molecule has 1 unspecified atom stereocenters. The van der Waals surface area contributed by atoms with Crippen LogP contribution in [-0.4, -0.2) is 36.5 Å². The van der Waals surface area contributed by atoms with Gasteiger partial charge >= 0.3 is 5.97 Å². The highest BCUT2D eigenvalue weighted by Gasteiger charge is 2.21. The highest BCUT2D eigenvalue weighted by Crippen LogP contribution is 2.15. The predicted octanol–water partition coefficient (Wildman–Crippen LogP) is 2.55. The second-order valence-electron chi connectivity index (χ2n) is 5.69. The summed E-state index contributed by atoms with van der Waals surface area (Å²) < 4.78 is 4.93. The fourth-order valence-electron chi connectivity index (χ4n) is 2.19. The number of hydrogen-bond donors (Lipinski definition) is 1. The van der Waals surface area contributed by atoms with Gasteiger partial charge in [-0.15, -0.1) is 12.4 Å². The summed E-state index contributed by atoms with van der Waals surface area (Å²) in [5.41, 5.74) is 7.00. The van der Waals surface area contributed by atoms with Crippen LogP contribution in [-0.2, 0) is 14.3 Å². The van der Waals surface area contributed by atoms with E-state index in [-0.39, 0.29) is 49.2 Å². The minimum Gasteiger partial charge on any atom is -0.465 e. The molecule has 1 aromatic rings. The molecule has 0 aliphatic rings. The second-order valence-corrected chi connectivity index (χ2v) is 5.69. The predicted molar refractivity (Wildman–Crippen MR) is 93.3 cm³/mol. The van der Waals surface area contributed by atoms with Crippen molar-refractivity contribution < 1.29 is 14.3 Å². The van der Waals surface area contributed by atoms with Gasteiger partial charge in [0.2, 0.25) is 5.91 Å². The smallest absolute Gasteiger partial charge is 0.325 e. The first-order valence-electron chi connectivity index (χ1n) is 7.68. The van der Waals surface area contributed by atoms with Gasteiger partial charge in [-0.2, -0.15) is 0 Å². The lowest BCUT2D eigenvalue weighted by Gasteiger charge is -2.25. The lowest BCUT2D eigenvalue weighted by atomic mass is 10.0. The summed E-state index contributed by atoms with van der Waals surface area (Å²) >= 11 is 0. The molecule has 0 saturated heterocycles. The molecule has 23 heavy (non-hydrogen) atoms. The molecular weight excluding hydrogens is 316 g/mol. The van der Waals surface area contributed by atoms with Crippen LogP contribution in [0.15, 0.2) is 30.3 Å². The molecule has 1 rings (SSSR count). The second kappa shape index (κ2) is 11.0. The average molecular weight is 343 g/mol. The molecule has 0 bridgehead atoms. The topological polar surface area (TPSA) is 72.6 Å². The van der Waals surface area contributed by atoms with Crippen LogP contribution >= 0.6 is 12.4 Å². The van der Waals surface area contributed by atoms with Crippen LogP contribution in [0.1, 0.15) is 38.8 Å². The summed E-state index contributed by atoms with van der Waals surface area (Å²) in [5.74, 6) is -0.241. The first kappa shape index (κ1) is 21.4. The molecule has 1 amide bonds. The van der Waals surface area contributed by atoms with Crippen LogP contribution < -0.4 is 5.73 Å².